The molecule has 2 saturated heterocycles. The highest BCUT2D eigenvalue weighted by Gasteiger charge is 2.43. The fourth-order valence-electron chi connectivity index (χ4n) is 7.89. The normalized spacial score (nSPS) is 21.7. The molecule has 12 heteroatoms. The van der Waals surface area contributed by atoms with E-state index in [1.165, 1.54) is 24.3 Å². The molecule has 0 aliphatic carbocycles. The lowest BCUT2D eigenvalue weighted by Gasteiger charge is -2.37. The second kappa shape index (κ2) is 14.3. The molecule has 0 spiro atoms. The van der Waals surface area contributed by atoms with Gasteiger partial charge in [0, 0.05) is 67.0 Å². The number of rotatable bonds is 8. The third kappa shape index (κ3) is 6.92. The molecule has 4 aromatic rings. The lowest BCUT2D eigenvalue weighted by atomic mass is 9.98. The summed E-state index contributed by atoms with van der Waals surface area (Å²) in [5.74, 6) is 2.08. The number of nitrogens with one attached hydrogen (secondary N) is 1. The van der Waals surface area contributed by atoms with Crippen LogP contribution in [-0.4, -0.2) is 71.5 Å². The predicted octanol–water partition coefficient (Wildman–Crippen LogP) is 6.20. The molecule has 270 valence electrons. The Hall–Kier alpha value is -5.44. The lowest BCUT2D eigenvalue weighted by Crippen LogP contribution is -2.46. The standard InChI is InChI=1S/C40H41F3N6O3/c1-4-31-33(43)14-9-25-18-30(50)19-35(37(25)31)47-17-15-32-34(23-47)45-39(46-38(32)48-16-7-6-8-28(22-48)44-36(51)5-2)52-24-40(3)20-27(42)21-49(40)29-12-10-26(41)11-13-29/h1,5,9-14,18-19,27-28,50H,2,6-8,15-17,20-24H2,3H3,(H,44,51)/t27-,28?,40+/m1/s1. The number of halogens is 3. The molecule has 2 N–H and O–H groups in total. The summed E-state index contributed by atoms with van der Waals surface area (Å²) in [5, 5.41) is 14.9. The molecule has 3 aromatic carbocycles. The Morgan fingerprint density at radius 1 is 1.13 bits per heavy atom. The van der Waals surface area contributed by atoms with Gasteiger partial charge < -0.3 is 29.9 Å². The van der Waals surface area contributed by atoms with E-state index < -0.39 is 17.5 Å². The Kier molecular flexibility index (Phi) is 9.62. The van der Waals surface area contributed by atoms with Crippen LogP contribution in [0.4, 0.5) is 30.4 Å². The van der Waals surface area contributed by atoms with Crippen molar-refractivity contribution >= 4 is 33.9 Å². The van der Waals surface area contributed by atoms with Gasteiger partial charge in [0.05, 0.1) is 23.3 Å². The minimum Gasteiger partial charge on any atom is -0.508 e. The highest BCUT2D eigenvalue weighted by atomic mass is 19.1. The Bertz CT molecular complexity index is 2050. The van der Waals surface area contributed by atoms with Gasteiger partial charge in [-0.15, -0.1) is 6.42 Å². The summed E-state index contributed by atoms with van der Waals surface area (Å²) in [6.07, 6.45) is 9.29. The van der Waals surface area contributed by atoms with Crippen molar-refractivity contribution < 1.29 is 27.8 Å². The molecule has 2 fully saturated rings. The fraction of sp³-hybridized carbons (Fsp3) is 0.375. The molecule has 52 heavy (non-hydrogen) atoms. The number of fused-ring (bicyclic) bond motifs is 2. The average molecular weight is 711 g/mol. The van der Waals surface area contributed by atoms with Gasteiger partial charge in [0.1, 0.15) is 36.0 Å². The molecule has 1 aromatic heterocycles. The molecule has 7 rings (SSSR count). The highest BCUT2D eigenvalue weighted by molar-refractivity contribution is 6.00. The molecular weight excluding hydrogens is 669 g/mol. The Balaban J connectivity index is 1.26. The van der Waals surface area contributed by atoms with E-state index in [9.17, 15) is 18.7 Å². The van der Waals surface area contributed by atoms with Gasteiger partial charge in [0.2, 0.25) is 5.91 Å². The highest BCUT2D eigenvalue weighted by Crippen LogP contribution is 2.40. The quantitative estimate of drug-likeness (QED) is 0.165. The van der Waals surface area contributed by atoms with Crippen LogP contribution in [0.5, 0.6) is 11.8 Å². The number of aromatic hydroxyl groups is 1. The van der Waals surface area contributed by atoms with E-state index in [1.807, 2.05) is 16.7 Å². The molecule has 0 bridgehead atoms. The van der Waals surface area contributed by atoms with Crippen molar-refractivity contribution in [3.05, 3.63) is 89.6 Å². The number of anilines is 3. The van der Waals surface area contributed by atoms with Crippen molar-refractivity contribution in [1.82, 2.24) is 15.3 Å². The molecule has 0 saturated carbocycles. The molecule has 3 atom stereocenters. The molecule has 4 heterocycles. The van der Waals surface area contributed by atoms with Crippen molar-refractivity contribution in [3.8, 4) is 24.1 Å². The second-order valence-electron chi connectivity index (χ2n) is 14.1. The SMILES string of the molecule is C#Cc1c(F)ccc2cc(O)cc(N3CCc4c(nc(OC[C@]5(C)C[C@@H](F)CN5c5ccc(F)cc5)nc4N4CCCCC(NC(=O)C=C)C4)C3)c12. The number of alkyl halides is 1. The van der Waals surface area contributed by atoms with Gasteiger partial charge in [-0.3, -0.25) is 4.79 Å². The zero-order chi connectivity index (χ0) is 36.6. The van der Waals surface area contributed by atoms with E-state index in [2.05, 4.69) is 22.7 Å². The number of amides is 1. The third-order valence-corrected chi connectivity index (χ3v) is 10.4. The fourth-order valence-corrected chi connectivity index (χ4v) is 7.89. The summed E-state index contributed by atoms with van der Waals surface area (Å²) in [6.45, 7) is 7.74. The van der Waals surface area contributed by atoms with Crippen LogP contribution in [0.15, 0.2) is 61.2 Å². The van der Waals surface area contributed by atoms with Gasteiger partial charge in [0.15, 0.2) is 0 Å². The molecular formula is C40H41F3N6O3. The van der Waals surface area contributed by atoms with Gasteiger partial charge in [-0.1, -0.05) is 18.6 Å². The first-order chi connectivity index (χ1) is 25.0. The molecule has 1 amide bonds. The minimum absolute atomic E-state index is 0.0224. The van der Waals surface area contributed by atoms with E-state index >= 15 is 4.39 Å². The van der Waals surface area contributed by atoms with Crippen LogP contribution < -0.4 is 24.8 Å². The second-order valence-corrected chi connectivity index (χ2v) is 14.1. The lowest BCUT2D eigenvalue weighted by molar-refractivity contribution is -0.117. The van der Waals surface area contributed by atoms with Crippen molar-refractivity contribution in [3.63, 3.8) is 0 Å². The first-order valence-electron chi connectivity index (χ1n) is 17.6. The number of phenols is 1. The monoisotopic (exact) mass is 710 g/mol. The van der Waals surface area contributed by atoms with Crippen LogP contribution in [0, 0.1) is 24.0 Å². The molecule has 9 nitrogen and oxygen atoms in total. The molecule has 3 aliphatic rings. The zero-order valence-electron chi connectivity index (χ0n) is 29.0. The average Bonchev–Trinajstić information content (AvgIpc) is 3.27. The molecule has 1 unspecified atom stereocenters. The van der Waals surface area contributed by atoms with Gasteiger partial charge >= 0.3 is 6.01 Å². The van der Waals surface area contributed by atoms with Crippen LogP contribution in [-0.2, 0) is 17.8 Å². The first kappa shape index (κ1) is 35.0. The number of hydrogen-bond acceptors (Lipinski definition) is 8. The van der Waals surface area contributed by atoms with E-state index in [1.54, 1.807) is 30.3 Å². The smallest absolute Gasteiger partial charge is 0.318 e. The Morgan fingerprint density at radius 2 is 1.94 bits per heavy atom. The summed E-state index contributed by atoms with van der Waals surface area (Å²) >= 11 is 0. The van der Waals surface area contributed by atoms with Gasteiger partial charge in [0.25, 0.3) is 0 Å². The maximum absolute atomic E-state index is 15.0. The summed E-state index contributed by atoms with van der Waals surface area (Å²) in [7, 11) is 0. The molecule has 3 aliphatic heterocycles. The first-order valence-corrected chi connectivity index (χ1v) is 17.6. The number of carbonyl (C=O) groups excluding carboxylic acids is 1. The number of ether oxygens (including phenoxy) is 1. The summed E-state index contributed by atoms with van der Waals surface area (Å²) < 4.78 is 50.1. The third-order valence-electron chi connectivity index (χ3n) is 10.4. The van der Waals surface area contributed by atoms with Crippen LogP contribution in [0.1, 0.15) is 49.4 Å². The number of aromatic nitrogens is 2. The Labute approximate surface area is 301 Å². The van der Waals surface area contributed by atoms with E-state index in [-0.39, 0.29) is 61.2 Å². The number of nitrogens with zero attached hydrogens (tertiary/aromatic N) is 5. The summed E-state index contributed by atoms with van der Waals surface area (Å²) in [5.41, 5.74) is 2.23. The van der Waals surface area contributed by atoms with Crippen LogP contribution in [0.2, 0.25) is 0 Å². The largest absolute Gasteiger partial charge is 0.508 e. The number of carbonyl (C=O) groups is 1. The van der Waals surface area contributed by atoms with E-state index in [0.717, 1.165) is 24.8 Å². The summed E-state index contributed by atoms with van der Waals surface area (Å²) in [4.78, 5) is 28.2. The van der Waals surface area contributed by atoms with Crippen molar-refractivity contribution in [2.45, 2.75) is 63.3 Å². The van der Waals surface area contributed by atoms with Crippen molar-refractivity contribution in [2.75, 3.05) is 47.5 Å². The zero-order valence-corrected chi connectivity index (χ0v) is 29.0. The number of benzene rings is 3. The van der Waals surface area contributed by atoms with E-state index in [0.29, 0.717) is 59.7 Å². The van der Waals surface area contributed by atoms with Gasteiger partial charge in [-0.2, -0.15) is 9.97 Å². The number of terminal acetylenes is 1. The van der Waals surface area contributed by atoms with Crippen molar-refractivity contribution in [1.29, 1.82) is 0 Å². The van der Waals surface area contributed by atoms with Gasteiger partial charge in [-0.05, 0) is 80.5 Å². The maximum Gasteiger partial charge on any atom is 0.318 e. The number of phenolic OH excluding ortho intramolecular Hbond substituents is 1. The molecule has 0 radical (unpaired) electrons. The van der Waals surface area contributed by atoms with Crippen LogP contribution in [0.25, 0.3) is 10.8 Å². The van der Waals surface area contributed by atoms with Crippen molar-refractivity contribution in [2.24, 2.45) is 0 Å². The minimum atomic E-state index is -1.11. The van der Waals surface area contributed by atoms with E-state index in [4.69, 9.17) is 21.1 Å². The topological polar surface area (TPSA) is 94.1 Å². The van der Waals surface area contributed by atoms with Crippen LogP contribution >= 0.6 is 0 Å². The maximum atomic E-state index is 15.0. The number of hydrogen-bond donors (Lipinski definition) is 2. The van der Waals surface area contributed by atoms with Gasteiger partial charge in [-0.25, -0.2) is 13.2 Å². The Morgan fingerprint density at radius 3 is 2.71 bits per heavy atom. The predicted molar refractivity (Wildman–Crippen MR) is 196 cm³/mol. The summed E-state index contributed by atoms with van der Waals surface area (Å²) in [6, 6.07) is 12.0. The van der Waals surface area contributed by atoms with Crippen LogP contribution in [0.3, 0.4) is 0 Å².